The van der Waals surface area contributed by atoms with Crippen molar-refractivity contribution < 1.29 is 24.2 Å². The first kappa shape index (κ1) is 10.3. The zero-order valence-corrected chi connectivity index (χ0v) is 7.19. The molecule has 0 aliphatic rings. The number of hydrogen-bond acceptors (Lipinski definition) is 4. The van der Waals surface area contributed by atoms with Crippen molar-refractivity contribution in [2.45, 2.75) is 6.54 Å². The minimum Gasteiger partial charge on any atom is -0.480 e. The molecule has 6 heteroatoms. The summed E-state index contributed by atoms with van der Waals surface area (Å²) >= 11 is 0. The Balaban J connectivity index is 2.44. The predicted octanol–water partition coefficient (Wildman–Crippen LogP) is 0.152. The highest BCUT2D eigenvalue weighted by Gasteiger charge is 2.07. The maximum atomic E-state index is 10.4. The molecule has 0 aliphatic carbocycles. The Kier molecular flexibility index (Phi) is 3.24. The van der Waals surface area contributed by atoms with Gasteiger partial charge in [-0.1, -0.05) is 0 Å². The van der Waals surface area contributed by atoms with Gasteiger partial charge in [0.05, 0.1) is 18.7 Å². The van der Waals surface area contributed by atoms with Crippen LogP contribution >= 0.6 is 0 Å². The Labute approximate surface area is 79.1 Å². The second-order valence-corrected chi connectivity index (χ2v) is 2.60. The Morgan fingerprint density at radius 1 is 1.43 bits per heavy atom. The van der Waals surface area contributed by atoms with Crippen LogP contribution in [0.5, 0.6) is 0 Å². The van der Waals surface area contributed by atoms with Crippen LogP contribution in [0.25, 0.3) is 0 Å². The van der Waals surface area contributed by atoms with Gasteiger partial charge in [-0.05, 0) is 6.07 Å². The predicted molar refractivity (Wildman–Crippen MR) is 45.0 cm³/mol. The third-order valence-electron chi connectivity index (χ3n) is 1.48. The van der Waals surface area contributed by atoms with Gasteiger partial charge in [0.2, 0.25) is 0 Å². The minimum absolute atomic E-state index is 0.0529. The maximum Gasteiger partial charge on any atom is 0.338 e. The van der Waals surface area contributed by atoms with Crippen molar-refractivity contribution in [1.82, 2.24) is 5.32 Å². The fourth-order valence-corrected chi connectivity index (χ4v) is 0.878. The fourth-order valence-electron chi connectivity index (χ4n) is 0.878. The van der Waals surface area contributed by atoms with Gasteiger partial charge < -0.3 is 14.6 Å². The molecule has 0 atom stereocenters. The van der Waals surface area contributed by atoms with Crippen LogP contribution in [0, 0.1) is 0 Å². The maximum absolute atomic E-state index is 10.4. The topological polar surface area (TPSA) is 99.8 Å². The van der Waals surface area contributed by atoms with Gasteiger partial charge in [-0.3, -0.25) is 10.1 Å². The first-order valence-electron chi connectivity index (χ1n) is 3.83. The molecule has 6 nitrogen and oxygen atoms in total. The van der Waals surface area contributed by atoms with E-state index in [2.05, 4.69) is 5.32 Å². The van der Waals surface area contributed by atoms with E-state index in [-0.39, 0.29) is 18.7 Å². The molecule has 14 heavy (non-hydrogen) atoms. The van der Waals surface area contributed by atoms with Gasteiger partial charge in [-0.15, -0.1) is 0 Å². The molecule has 0 saturated heterocycles. The molecule has 1 heterocycles. The summed E-state index contributed by atoms with van der Waals surface area (Å²) in [6.45, 7) is 0.00266. The summed E-state index contributed by atoms with van der Waals surface area (Å²) in [6.07, 6.45) is 1.11. The lowest BCUT2D eigenvalue weighted by molar-refractivity contribution is -0.136. The van der Waals surface area contributed by atoms with Crippen LogP contribution in [0.2, 0.25) is 0 Å². The molecule has 0 spiro atoms. The molecule has 3 N–H and O–H groups in total. The van der Waals surface area contributed by atoms with Gasteiger partial charge in [0, 0.05) is 0 Å². The first-order valence-corrected chi connectivity index (χ1v) is 3.83. The lowest BCUT2D eigenvalue weighted by atomic mass is 10.3. The molecule has 0 unspecified atom stereocenters. The molecule has 0 amide bonds. The molecule has 0 fully saturated rings. The Morgan fingerprint density at radius 2 is 2.14 bits per heavy atom. The van der Waals surface area contributed by atoms with Crippen LogP contribution < -0.4 is 5.32 Å². The molecule has 0 radical (unpaired) electrons. The number of aromatic carboxylic acids is 1. The lowest BCUT2D eigenvalue weighted by Crippen LogP contribution is -2.21. The van der Waals surface area contributed by atoms with E-state index in [4.69, 9.17) is 14.6 Å². The summed E-state index contributed by atoms with van der Waals surface area (Å²) in [5, 5.41) is 19.4. The number of carboxylic acids is 2. The van der Waals surface area contributed by atoms with Gasteiger partial charge in [0.15, 0.2) is 0 Å². The number of furan rings is 1. The smallest absolute Gasteiger partial charge is 0.338 e. The Bertz CT molecular complexity index is 343. The van der Waals surface area contributed by atoms with Gasteiger partial charge in [-0.2, -0.15) is 0 Å². The van der Waals surface area contributed by atoms with Crippen LogP contribution in [-0.4, -0.2) is 28.7 Å². The standard InChI is InChI=1S/C8H9NO5/c10-7(11)3-9-2-6-1-5(4-14-6)8(12)13/h1,4,9H,2-3H2,(H,10,11)(H,12,13). The molecule has 1 aromatic rings. The van der Waals surface area contributed by atoms with Gasteiger partial charge in [0.1, 0.15) is 12.0 Å². The van der Waals surface area contributed by atoms with E-state index in [0.29, 0.717) is 5.76 Å². The van der Waals surface area contributed by atoms with Crippen LogP contribution in [0.4, 0.5) is 0 Å². The third kappa shape index (κ3) is 2.91. The zero-order valence-electron chi connectivity index (χ0n) is 7.19. The summed E-state index contributed by atoms with van der Waals surface area (Å²) in [6, 6.07) is 1.34. The van der Waals surface area contributed by atoms with E-state index in [0.717, 1.165) is 6.26 Å². The molecule has 76 valence electrons. The minimum atomic E-state index is -1.07. The van der Waals surface area contributed by atoms with Crippen LogP contribution in [-0.2, 0) is 11.3 Å². The Morgan fingerprint density at radius 3 is 2.64 bits per heavy atom. The first-order chi connectivity index (χ1) is 6.59. The highest BCUT2D eigenvalue weighted by Crippen LogP contribution is 2.06. The van der Waals surface area contributed by atoms with E-state index < -0.39 is 11.9 Å². The average molecular weight is 199 g/mol. The second-order valence-electron chi connectivity index (χ2n) is 2.60. The van der Waals surface area contributed by atoms with Crippen LogP contribution in [0.1, 0.15) is 16.1 Å². The summed E-state index contributed by atoms with van der Waals surface area (Å²) < 4.78 is 4.87. The normalized spacial score (nSPS) is 10.0. The Hall–Kier alpha value is -1.82. The molecule has 0 aliphatic heterocycles. The van der Waals surface area contributed by atoms with Crippen molar-refractivity contribution >= 4 is 11.9 Å². The van der Waals surface area contributed by atoms with E-state index in [1.54, 1.807) is 0 Å². The number of rotatable bonds is 5. The van der Waals surface area contributed by atoms with Crippen LogP contribution in [0.15, 0.2) is 16.7 Å². The van der Waals surface area contributed by atoms with Crippen molar-refractivity contribution in [3.63, 3.8) is 0 Å². The van der Waals surface area contributed by atoms with E-state index in [1.165, 1.54) is 6.07 Å². The fraction of sp³-hybridized carbons (Fsp3) is 0.250. The van der Waals surface area contributed by atoms with Crippen molar-refractivity contribution in [2.75, 3.05) is 6.54 Å². The van der Waals surface area contributed by atoms with Crippen molar-refractivity contribution in [3.8, 4) is 0 Å². The molecule has 1 aromatic heterocycles. The second kappa shape index (κ2) is 4.43. The molecular formula is C8H9NO5. The van der Waals surface area contributed by atoms with Gasteiger partial charge in [0.25, 0.3) is 0 Å². The van der Waals surface area contributed by atoms with Gasteiger partial charge in [-0.25, -0.2) is 4.79 Å². The number of nitrogens with one attached hydrogen (secondary N) is 1. The lowest BCUT2D eigenvalue weighted by Gasteiger charge is -1.96. The number of aliphatic carboxylic acids is 1. The van der Waals surface area contributed by atoms with Crippen molar-refractivity contribution in [1.29, 1.82) is 0 Å². The summed E-state index contributed by atoms with van der Waals surface area (Å²) in [5.74, 6) is -1.66. The van der Waals surface area contributed by atoms with Crippen molar-refractivity contribution in [2.24, 2.45) is 0 Å². The molecule has 0 bridgehead atoms. The summed E-state index contributed by atoms with van der Waals surface area (Å²) in [5.41, 5.74) is 0.0529. The van der Waals surface area contributed by atoms with E-state index >= 15 is 0 Å². The molecule has 0 saturated carbocycles. The SMILES string of the molecule is O=C(O)CNCc1cc(C(=O)O)co1. The summed E-state index contributed by atoms with van der Waals surface area (Å²) in [4.78, 5) is 20.5. The zero-order chi connectivity index (χ0) is 10.6. The molecular weight excluding hydrogens is 190 g/mol. The third-order valence-corrected chi connectivity index (χ3v) is 1.48. The van der Waals surface area contributed by atoms with Crippen LogP contribution in [0.3, 0.4) is 0 Å². The van der Waals surface area contributed by atoms with Gasteiger partial charge >= 0.3 is 11.9 Å². The number of carbonyl (C=O) groups is 2. The largest absolute Gasteiger partial charge is 0.480 e. The monoisotopic (exact) mass is 199 g/mol. The highest BCUT2D eigenvalue weighted by atomic mass is 16.4. The number of hydrogen-bond donors (Lipinski definition) is 3. The van der Waals surface area contributed by atoms with E-state index in [9.17, 15) is 9.59 Å². The van der Waals surface area contributed by atoms with E-state index in [1.807, 2.05) is 0 Å². The highest BCUT2D eigenvalue weighted by molar-refractivity contribution is 5.87. The summed E-state index contributed by atoms with van der Waals surface area (Å²) in [7, 11) is 0. The average Bonchev–Trinajstić information content (AvgIpc) is 2.52. The van der Waals surface area contributed by atoms with Crippen molar-refractivity contribution in [3.05, 3.63) is 23.7 Å². The quantitative estimate of drug-likeness (QED) is 0.624. The molecule has 0 aromatic carbocycles. The molecule has 1 rings (SSSR count). The number of carboxylic acid groups (broad SMARTS) is 2.